The van der Waals surface area contributed by atoms with Crippen LogP contribution in [-0.2, 0) is 86.0 Å². The summed E-state index contributed by atoms with van der Waals surface area (Å²) < 4.78 is 14.6. The molecule has 0 saturated carbocycles. The quantitative estimate of drug-likeness (QED) is 0.0192. The van der Waals surface area contributed by atoms with E-state index in [1.54, 1.807) is 30.3 Å². The van der Waals surface area contributed by atoms with Crippen molar-refractivity contribution in [2.45, 2.75) is 143 Å². The Hall–Kier alpha value is -8.19. The van der Waals surface area contributed by atoms with Gasteiger partial charge >= 0.3 is 0 Å². The second-order valence-corrected chi connectivity index (χ2v) is 25.2. The maximum Gasteiger partial charge on any atom is 0.246 e. The predicted octanol–water partition coefficient (Wildman–Crippen LogP) is -5.39. The van der Waals surface area contributed by atoms with Crippen LogP contribution in [0.4, 0.5) is 5.69 Å². The van der Waals surface area contributed by atoms with Crippen molar-refractivity contribution in [3.05, 3.63) is 59.7 Å². The fraction of sp³-hybridized carbons (Fsp3) is 0.534. The van der Waals surface area contributed by atoms with Crippen LogP contribution in [0.1, 0.15) is 77.3 Å². The van der Waals surface area contributed by atoms with Crippen molar-refractivity contribution in [1.29, 1.82) is 0 Å². The minimum Gasteiger partial charge on any atom is -0.396 e. The molecule has 0 bridgehead atoms. The normalized spacial score (nSPS) is 21.7. The number of halogens is 1. The van der Waals surface area contributed by atoms with Crippen LogP contribution >= 0.6 is 22.6 Å². The number of benzene rings is 2. The molecule has 3 unspecified atom stereocenters. The van der Waals surface area contributed by atoms with Gasteiger partial charge in [-0.3, -0.25) is 66.5 Å². The molecule has 504 valence electrons. The number of carbonyl (C=O) groups excluding carboxylic acids is 13. The molecule has 0 aliphatic carbocycles. The van der Waals surface area contributed by atoms with E-state index in [9.17, 15) is 82.8 Å². The van der Waals surface area contributed by atoms with Crippen molar-refractivity contribution >= 4 is 127 Å². The number of fused-ring (bicyclic) bond motifs is 4. The highest BCUT2D eigenvalue weighted by molar-refractivity contribution is 14.1. The van der Waals surface area contributed by atoms with Crippen molar-refractivity contribution in [2.75, 3.05) is 50.5 Å². The topological polar surface area (TPSA) is 511 Å². The third kappa shape index (κ3) is 21.7. The van der Waals surface area contributed by atoms with E-state index in [1.807, 2.05) is 36.4 Å². The molecule has 0 spiro atoms. The Labute approximate surface area is 544 Å². The molecular formula is C58H81IN14O18S. The SMILES string of the molecule is CC[C@H](C)[C@H](I)C(=O)NCC(=O)N[C@H]1CS(=O)c2[nH]c3ccc(NC(=O)CCCNC(=O)[C@@H](C)NC(=O)[C@@H](Cc4ccccc4)NC(=O)CCO)cc3c2C[C@H](C(=O)NCC(N)=O)NC(=O)[C@H](C(C)C(O)CO)NC(=O)[C@@H]2C[C@@H](O)CN2C(=O)[C@H](CC(N)=O)NC1=O. The van der Waals surface area contributed by atoms with E-state index in [1.165, 1.54) is 32.0 Å². The number of aliphatic hydroxyl groups excluding tert-OH is 4. The Balaban J connectivity index is 1.52. The summed E-state index contributed by atoms with van der Waals surface area (Å²) in [6.07, 6.45) is -4.87. The second-order valence-electron chi connectivity index (χ2n) is 22.5. The second kappa shape index (κ2) is 35.6. The van der Waals surface area contributed by atoms with Gasteiger partial charge < -0.3 is 94.9 Å². The monoisotopic (exact) mass is 1420 g/mol. The average molecular weight is 1420 g/mol. The third-order valence-corrected chi connectivity index (χ3v) is 18.6. The predicted molar refractivity (Wildman–Crippen MR) is 338 cm³/mol. The molecule has 1 fully saturated rings. The van der Waals surface area contributed by atoms with Gasteiger partial charge in [0.2, 0.25) is 76.8 Å². The minimum absolute atomic E-state index is 0.0496. The number of anilines is 1. The molecule has 2 aliphatic rings. The van der Waals surface area contributed by atoms with Crippen LogP contribution in [0.3, 0.4) is 0 Å². The van der Waals surface area contributed by atoms with Crippen molar-refractivity contribution < 1.29 is 87.0 Å². The van der Waals surface area contributed by atoms with Crippen LogP contribution in [0, 0.1) is 11.8 Å². The van der Waals surface area contributed by atoms with E-state index in [2.05, 4.69) is 58.2 Å². The fourth-order valence-electron chi connectivity index (χ4n) is 9.96. The molecule has 2 aliphatic heterocycles. The zero-order valence-corrected chi connectivity index (χ0v) is 54.0. The number of rotatable bonds is 27. The zero-order valence-electron chi connectivity index (χ0n) is 51.0. The van der Waals surface area contributed by atoms with Gasteiger partial charge in [0.25, 0.3) is 0 Å². The number of nitrogens with zero attached hydrogens (tertiary/aromatic N) is 1. The maximum atomic E-state index is 15.1. The molecule has 3 heterocycles. The number of nitrogens with two attached hydrogens (primary N) is 2. The van der Waals surface area contributed by atoms with Gasteiger partial charge in [-0.2, -0.15) is 0 Å². The average Bonchev–Trinajstić information content (AvgIpc) is 1.63. The number of H-pyrrole nitrogens is 1. The number of nitrogens with one attached hydrogen (secondary N) is 11. The number of hydrogen-bond acceptors (Lipinski definition) is 18. The summed E-state index contributed by atoms with van der Waals surface area (Å²) >= 11 is 1.91. The number of aromatic nitrogens is 1. The molecule has 92 heavy (non-hydrogen) atoms. The van der Waals surface area contributed by atoms with Crippen LogP contribution in [0.5, 0.6) is 0 Å². The number of amides is 13. The van der Waals surface area contributed by atoms with Crippen molar-refractivity contribution in [3.63, 3.8) is 0 Å². The molecule has 1 aromatic heterocycles. The van der Waals surface area contributed by atoms with Crippen LogP contribution in [0.15, 0.2) is 53.6 Å². The van der Waals surface area contributed by atoms with Gasteiger partial charge in [-0.05, 0) is 48.6 Å². The summed E-state index contributed by atoms with van der Waals surface area (Å²) in [5, 5.41) is 65.9. The smallest absolute Gasteiger partial charge is 0.246 e. The van der Waals surface area contributed by atoms with E-state index in [4.69, 9.17) is 11.5 Å². The first-order valence-electron chi connectivity index (χ1n) is 29.6. The van der Waals surface area contributed by atoms with Gasteiger partial charge in [0, 0.05) is 67.7 Å². The van der Waals surface area contributed by atoms with E-state index in [-0.39, 0.29) is 65.3 Å². The van der Waals surface area contributed by atoms with Gasteiger partial charge in [0.1, 0.15) is 47.3 Å². The maximum absolute atomic E-state index is 15.1. The Kier molecular flexibility index (Phi) is 28.8. The number of primary amides is 2. The highest BCUT2D eigenvalue weighted by Gasteiger charge is 2.45. The molecule has 32 nitrogen and oxygen atoms in total. The molecule has 0 radical (unpaired) electrons. The molecule has 1 saturated heterocycles. The molecule has 5 rings (SSSR count). The third-order valence-electron chi connectivity index (χ3n) is 15.3. The summed E-state index contributed by atoms with van der Waals surface area (Å²) in [4.78, 5) is 180. The number of aromatic amines is 1. The minimum atomic E-state index is -2.54. The van der Waals surface area contributed by atoms with Crippen LogP contribution < -0.4 is 64.6 Å². The van der Waals surface area contributed by atoms with Gasteiger partial charge in [-0.1, -0.05) is 80.1 Å². The number of hydrogen-bond donors (Lipinski definition) is 17. The summed E-state index contributed by atoms with van der Waals surface area (Å²) in [5.74, 6) is -14.3. The highest BCUT2D eigenvalue weighted by Crippen LogP contribution is 2.30. The molecule has 19 N–H and O–H groups in total. The lowest BCUT2D eigenvalue weighted by atomic mass is 9.93. The van der Waals surface area contributed by atoms with E-state index in [0.29, 0.717) is 6.42 Å². The Morgan fingerprint density at radius 3 is 2.16 bits per heavy atom. The first kappa shape index (κ1) is 74.5. The first-order valence-corrected chi connectivity index (χ1v) is 32.2. The van der Waals surface area contributed by atoms with Crippen LogP contribution in [-0.4, -0.2) is 215 Å². The van der Waals surface area contributed by atoms with E-state index >= 15 is 4.21 Å². The van der Waals surface area contributed by atoms with Crippen molar-refractivity contribution in [2.24, 2.45) is 23.3 Å². The Morgan fingerprint density at radius 2 is 1.51 bits per heavy atom. The summed E-state index contributed by atoms with van der Waals surface area (Å²) in [5.41, 5.74) is 11.9. The molecule has 13 amide bonds. The summed E-state index contributed by atoms with van der Waals surface area (Å²) in [7, 11) is -2.54. The van der Waals surface area contributed by atoms with Gasteiger partial charge in [-0.25, -0.2) is 0 Å². The van der Waals surface area contributed by atoms with Gasteiger partial charge in [-0.15, -0.1) is 0 Å². The van der Waals surface area contributed by atoms with Gasteiger partial charge in [0.05, 0.1) is 65.4 Å². The number of alkyl halides is 1. The fourth-order valence-corrected chi connectivity index (χ4v) is 12.1. The van der Waals surface area contributed by atoms with E-state index < -0.39 is 210 Å². The summed E-state index contributed by atoms with van der Waals surface area (Å²) in [6, 6.07) is 1.72. The molecular weight excluding hydrogens is 1340 g/mol. The van der Waals surface area contributed by atoms with Crippen molar-refractivity contribution in [3.8, 4) is 0 Å². The lowest BCUT2D eigenvalue weighted by Crippen LogP contribution is -2.61. The molecule has 2 aromatic carbocycles. The number of aliphatic hydroxyl groups is 4. The molecule has 13 atom stereocenters. The van der Waals surface area contributed by atoms with Crippen LogP contribution in [0.25, 0.3) is 10.9 Å². The molecule has 34 heteroatoms. The highest BCUT2D eigenvalue weighted by atomic mass is 127. The van der Waals surface area contributed by atoms with Crippen LogP contribution in [0.2, 0.25) is 0 Å². The first-order chi connectivity index (χ1) is 43.5. The molecule has 3 aromatic rings. The zero-order chi connectivity index (χ0) is 68.1. The summed E-state index contributed by atoms with van der Waals surface area (Å²) in [6.45, 7) is 2.85. The van der Waals surface area contributed by atoms with Gasteiger partial charge in [0.15, 0.2) is 0 Å². The lowest BCUT2D eigenvalue weighted by molar-refractivity contribution is -0.144. The van der Waals surface area contributed by atoms with E-state index in [0.717, 1.165) is 10.5 Å². The Bertz CT molecular complexity index is 3230. The standard InChI is InChI=1S/C58H81IN14O18S/c1-5-28(2)48(59)55(88)64-24-47(82)68-40-27-92(91)57-35(34-19-32(13-14-36(34)71-57)66-45(80)12-9-16-62-50(83)30(4)65-52(85)37(67-46(81)15-17-74)18-31-10-7-6-8-11-31)21-38(51(84)63-23-44(61)79)69-56(89)49(29(3)42(77)26-75)72-54(87)41-20-33(76)25-73(41)58(90)39(22-43(60)78)70-53(40)86/h6-8,10-11,13-14,19,28-30,33,37-42,48-49,71,74-77H,5,9,12,15-18,20-27H2,1-4H3,(H2,60,78)(H2,61,79)(H,62,83)(H,63,84)(H,64,88)(H,65,85)(H,66,80)(H,67,81)(H,68,82)(H,69,89)(H,70,86)(H,72,87)/t28-,29?,30+,33+,37+,38+,39-,40-,41-,42?,48-,49-,92?/m0/s1. The Morgan fingerprint density at radius 1 is 0.804 bits per heavy atom. The lowest BCUT2D eigenvalue weighted by Gasteiger charge is -2.32. The van der Waals surface area contributed by atoms with Crippen molar-refractivity contribution in [1.82, 2.24) is 57.7 Å². The largest absolute Gasteiger partial charge is 0.396 e. The number of carbonyl (C=O) groups is 13.